The molecule has 150 valence electrons. The molecule has 2 aromatic rings. The van der Waals surface area contributed by atoms with E-state index in [9.17, 15) is 9.59 Å². The fraction of sp³-hybridized carbons (Fsp3) is 0.474. The van der Waals surface area contributed by atoms with Crippen LogP contribution in [0, 0.1) is 0 Å². The topological polar surface area (TPSA) is 84.4 Å². The minimum Gasteiger partial charge on any atom is -0.497 e. The number of aromatic nitrogens is 2. The van der Waals surface area contributed by atoms with E-state index in [4.69, 9.17) is 4.74 Å². The van der Waals surface area contributed by atoms with Gasteiger partial charge in [-0.2, -0.15) is 0 Å². The Morgan fingerprint density at radius 2 is 2.04 bits per heavy atom. The van der Waals surface area contributed by atoms with Gasteiger partial charge in [0, 0.05) is 17.6 Å². The van der Waals surface area contributed by atoms with Crippen LogP contribution in [0.2, 0.25) is 0 Å². The molecule has 1 saturated heterocycles. The van der Waals surface area contributed by atoms with E-state index >= 15 is 0 Å². The van der Waals surface area contributed by atoms with Gasteiger partial charge in [0.05, 0.1) is 12.9 Å². The molecule has 1 aliphatic heterocycles. The van der Waals surface area contributed by atoms with Crippen LogP contribution in [0.5, 0.6) is 5.75 Å². The molecular weight excluding hydrogens is 396 g/mol. The van der Waals surface area contributed by atoms with Crippen LogP contribution in [0.1, 0.15) is 43.5 Å². The normalized spacial score (nSPS) is 19.3. The molecule has 0 radical (unpaired) electrons. The van der Waals surface area contributed by atoms with Gasteiger partial charge in [-0.25, -0.2) is 0 Å². The molecule has 1 aliphatic rings. The van der Waals surface area contributed by atoms with Crippen LogP contribution in [-0.2, 0) is 4.79 Å². The van der Waals surface area contributed by atoms with Crippen molar-refractivity contribution in [1.82, 2.24) is 15.1 Å². The number of nitrogens with zero attached hydrogens (tertiary/aromatic N) is 3. The molecule has 0 saturated carbocycles. The Hall–Kier alpha value is -2.13. The van der Waals surface area contributed by atoms with E-state index in [1.807, 2.05) is 4.90 Å². The van der Waals surface area contributed by atoms with Gasteiger partial charge in [0.15, 0.2) is 4.34 Å². The van der Waals surface area contributed by atoms with E-state index < -0.39 is 0 Å². The van der Waals surface area contributed by atoms with Crippen molar-refractivity contribution in [3.8, 4) is 5.75 Å². The maximum atomic E-state index is 12.6. The fourth-order valence-electron chi connectivity index (χ4n) is 3.36. The molecule has 7 nitrogen and oxygen atoms in total. The summed E-state index contributed by atoms with van der Waals surface area (Å²) in [7, 11) is 1.55. The first kappa shape index (κ1) is 20.6. The lowest BCUT2D eigenvalue weighted by Gasteiger charge is -2.39. The van der Waals surface area contributed by atoms with E-state index in [0.29, 0.717) is 26.5 Å². The zero-order valence-corrected chi connectivity index (χ0v) is 17.8. The minimum absolute atomic E-state index is 0.127. The van der Waals surface area contributed by atoms with Gasteiger partial charge >= 0.3 is 0 Å². The highest BCUT2D eigenvalue weighted by Gasteiger charge is 2.28. The standard InChI is InChI=1S/C19H24N4O3S2/c1-12-6-4-7-13(2)23(12)16(24)11-27-19-22-21-18(28-19)20-17(25)14-8-5-9-15(10-14)26-3/h5,8-10,12-13H,4,6-7,11H2,1-3H3,(H,20,21,25)/t12-,13+. The molecule has 0 aliphatic carbocycles. The summed E-state index contributed by atoms with van der Waals surface area (Å²) in [5.41, 5.74) is 0.479. The summed E-state index contributed by atoms with van der Waals surface area (Å²) in [6, 6.07) is 7.45. The number of carbonyl (C=O) groups excluding carboxylic acids is 2. The average Bonchev–Trinajstić information content (AvgIpc) is 3.13. The average molecular weight is 421 g/mol. The van der Waals surface area contributed by atoms with Crippen molar-refractivity contribution in [2.75, 3.05) is 18.2 Å². The predicted octanol–water partition coefficient (Wildman–Crippen LogP) is 3.68. The van der Waals surface area contributed by atoms with Gasteiger partial charge < -0.3 is 9.64 Å². The first-order valence-electron chi connectivity index (χ1n) is 9.21. The number of thioether (sulfide) groups is 1. The molecule has 0 unspecified atom stereocenters. The van der Waals surface area contributed by atoms with Crippen LogP contribution in [-0.4, -0.2) is 51.9 Å². The Kier molecular flexibility index (Phi) is 6.90. The van der Waals surface area contributed by atoms with Crippen molar-refractivity contribution < 1.29 is 14.3 Å². The lowest BCUT2D eigenvalue weighted by molar-refractivity contribution is -0.134. The van der Waals surface area contributed by atoms with Crippen LogP contribution in [0.25, 0.3) is 0 Å². The van der Waals surface area contributed by atoms with E-state index in [1.165, 1.54) is 29.5 Å². The van der Waals surface area contributed by atoms with E-state index in [-0.39, 0.29) is 23.9 Å². The Morgan fingerprint density at radius 1 is 1.29 bits per heavy atom. The molecule has 0 spiro atoms. The summed E-state index contributed by atoms with van der Waals surface area (Å²) in [6.07, 6.45) is 3.28. The second-order valence-electron chi connectivity index (χ2n) is 6.78. The Morgan fingerprint density at radius 3 is 2.75 bits per heavy atom. The van der Waals surface area contributed by atoms with Gasteiger partial charge in [-0.05, 0) is 51.3 Å². The van der Waals surface area contributed by atoms with Gasteiger partial charge in [0.25, 0.3) is 5.91 Å². The van der Waals surface area contributed by atoms with Gasteiger partial charge in [0.2, 0.25) is 11.0 Å². The third-order valence-corrected chi connectivity index (χ3v) is 6.72. The zero-order valence-electron chi connectivity index (χ0n) is 16.2. The summed E-state index contributed by atoms with van der Waals surface area (Å²) in [6.45, 7) is 4.21. The van der Waals surface area contributed by atoms with E-state index in [1.54, 1.807) is 31.4 Å². The number of hydrogen-bond donors (Lipinski definition) is 1. The number of benzene rings is 1. The summed E-state index contributed by atoms with van der Waals surface area (Å²) in [4.78, 5) is 26.9. The summed E-state index contributed by atoms with van der Waals surface area (Å²) < 4.78 is 5.79. The van der Waals surface area contributed by atoms with Crippen molar-refractivity contribution in [2.24, 2.45) is 0 Å². The lowest BCUT2D eigenvalue weighted by atomic mass is 9.98. The number of ether oxygens (including phenoxy) is 1. The third kappa shape index (κ3) is 5.02. The van der Waals surface area contributed by atoms with Gasteiger partial charge in [-0.3, -0.25) is 14.9 Å². The SMILES string of the molecule is COc1cccc(C(=O)Nc2nnc(SCC(=O)N3[C@H](C)CCC[C@@H]3C)s2)c1. The van der Waals surface area contributed by atoms with Crippen LogP contribution in [0.4, 0.5) is 5.13 Å². The Balaban J connectivity index is 1.55. The largest absolute Gasteiger partial charge is 0.497 e. The quantitative estimate of drug-likeness (QED) is 0.567. The van der Waals surface area contributed by atoms with Gasteiger partial charge in [-0.1, -0.05) is 29.2 Å². The summed E-state index contributed by atoms with van der Waals surface area (Å²) >= 11 is 2.62. The minimum atomic E-state index is -0.279. The monoisotopic (exact) mass is 420 g/mol. The molecule has 2 heterocycles. The third-order valence-electron chi connectivity index (χ3n) is 4.76. The number of anilines is 1. The molecule has 0 bridgehead atoms. The van der Waals surface area contributed by atoms with Crippen molar-refractivity contribution in [1.29, 1.82) is 0 Å². The number of carbonyl (C=O) groups is 2. The molecule has 1 fully saturated rings. The van der Waals surface area contributed by atoms with Crippen LogP contribution in [0.3, 0.4) is 0 Å². The lowest BCUT2D eigenvalue weighted by Crippen LogP contribution is -2.48. The van der Waals surface area contributed by atoms with Crippen LogP contribution in [0.15, 0.2) is 28.6 Å². The molecule has 1 aromatic carbocycles. The number of methoxy groups -OCH3 is 1. The molecule has 28 heavy (non-hydrogen) atoms. The Bertz CT molecular complexity index is 832. The Labute approximate surface area is 172 Å². The first-order chi connectivity index (χ1) is 13.5. The smallest absolute Gasteiger partial charge is 0.257 e. The molecule has 1 N–H and O–H groups in total. The molecular formula is C19H24N4O3S2. The molecule has 2 atom stereocenters. The summed E-state index contributed by atoms with van der Waals surface area (Å²) in [5, 5.41) is 11.2. The number of rotatable bonds is 6. The van der Waals surface area contributed by atoms with Crippen molar-refractivity contribution in [2.45, 2.75) is 49.5 Å². The molecule has 3 rings (SSSR count). The van der Waals surface area contributed by atoms with Crippen LogP contribution < -0.4 is 10.1 Å². The fourth-order valence-corrected chi connectivity index (χ4v) is 4.98. The van der Waals surface area contributed by atoms with Gasteiger partial charge in [0.1, 0.15) is 5.75 Å². The van der Waals surface area contributed by atoms with Crippen molar-refractivity contribution in [3.05, 3.63) is 29.8 Å². The number of nitrogens with one attached hydrogen (secondary N) is 1. The maximum Gasteiger partial charge on any atom is 0.257 e. The highest BCUT2D eigenvalue weighted by Crippen LogP contribution is 2.28. The van der Waals surface area contributed by atoms with E-state index in [2.05, 4.69) is 29.4 Å². The molecule has 1 aromatic heterocycles. The second kappa shape index (κ2) is 9.38. The number of amides is 2. The van der Waals surface area contributed by atoms with E-state index in [0.717, 1.165) is 12.8 Å². The molecule has 9 heteroatoms. The maximum absolute atomic E-state index is 12.6. The second-order valence-corrected chi connectivity index (χ2v) is 8.98. The van der Waals surface area contributed by atoms with Crippen molar-refractivity contribution >= 4 is 40.0 Å². The van der Waals surface area contributed by atoms with Gasteiger partial charge in [-0.15, -0.1) is 10.2 Å². The number of likely N-dealkylation sites (tertiary alicyclic amines) is 1. The zero-order chi connectivity index (χ0) is 20.1. The highest BCUT2D eigenvalue weighted by atomic mass is 32.2. The highest BCUT2D eigenvalue weighted by molar-refractivity contribution is 8.01. The van der Waals surface area contributed by atoms with Crippen LogP contribution >= 0.6 is 23.1 Å². The van der Waals surface area contributed by atoms with Crippen molar-refractivity contribution in [3.63, 3.8) is 0 Å². The summed E-state index contributed by atoms with van der Waals surface area (Å²) in [5.74, 6) is 0.786. The number of hydrogen-bond acceptors (Lipinski definition) is 7. The number of piperidine rings is 1. The predicted molar refractivity (Wildman–Crippen MR) is 111 cm³/mol. The molecule has 2 amide bonds. The first-order valence-corrected chi connectivity index (χ1v) is 11.0.